The van der Waals surface area contributed by atoms with Crippen LogP contribution in [0.4, 0.5) is 0 Å². The van der Waals surface area contributed by atoms with Gasteiger partial charge >= 0.3 is 0 Å². The van der Waals surface area contributed by atoms with E-state index in [9.17, 15) is 9.59 Å². The maximum absolute atomic E-state index is 13.1. The summed E-state index contributed by atoms with van der Waals surface area (Å²) in [5.74, 6) is 1.61. The van der Waals surface area contributed by atoms with Crippen molar-refractivity contribution >= 4 is 11.8 Å². The molecule has 2 N–H and O–H groups in total. The van der Waals surface area contributed by atoms with Crippen molar-refractivity contribution in [3.8, 4) is 0 Å². The molecule has 3 atom stereocenters. The molecule has 32 heavy (non-hydrogen) atoms. The Morgan fingerprint density at radius 2 is 2.03 bits per heavy atom. The molecule has 2 aromatic rings. The van der Waals surface area contributed by atoms with Gasteiger partial charge in [0.15, 0.2) is 5.69 Å². The van der Waals surface area contributed by atoms with Gasteiger partial charge in [0.25, 0.3) is 5.91 Å². The summed E-state index contributed by atoms with van der Waals surface area (Å²) >= 11 is 0. The van der Waals surface area contributed by atoms with Gasteiger partial charge in [0.1, 0.15) is 5.76 Å². The van der Waals surface area contributed by atoms with Crippen molar-refractivity contribution in [1.82, 2.24) is 20.7 Å². The molecule has 1 saturated carbocycles. The Bertz CT molecular complexity index is 983. The van der Waals surface area contributed by atoms with Gasteiger partial charge in [-0.05, 0) is 62.6 Å². The number of hydrogen-bond acceptors (Lipinski definition) is 5. The molecule has 0 bridgehead atoms. The molecule has 3 aliphatic rings. The van der Waals surface area contributed by atoms with Gasteiger partial charge in [0.2, 0.25) is 5.91 Å². The van der Waals surface area contributed by atoms with E-state index in [2.05, 4.69) is 47.0 Å². The lowest BCUT2D eigenvalue weighted by Crippen LogP contribution is -2.51. The highest BCUT2D eigenvalue weighted by Gasteiger charge is 2.32. The van der Waals surface area contributed by atoms with Crippen LogP contribution in [0.3, 0.4) is 0 Å². The van der Waals surface area contributed by atoms with Crippen LogP contribution >= 0.6 is 0 Å². The summed E-state index contributed by atoms with van der Waals surface area (Å²) in [6, 6.07) is 10.4. The minimum Gasteiger partial charge on any atom is -0.360 e. The number of benzene rings is 1. The van der Waals surface area contributed by atoms with Crippen LogP contribution in [-0.2, 0) is 17.8 Å². The summed E-state index contributed by atoms with van der Waals surface area (Å²) in [5.41, 5.74) is 3.05. The number of piperidine rings is 1. The molecule has 1 aromatic carbocycles. The minimum atomic E-state index is -0.180. The van der Waals surface area contributed by atoms with Gasteiger partial charge in [-0.1, -0.05) is 29.4 Å². The van der Waals surface area contributed by atoms with E-state index in [-0.39, 0.29) is 23.9 Å². The standard InChI is InChI=1S/C25H32N4O3/c1-16-10-21(27-25(31)22-13-23(32-28-22)18-6-7-18)8-9-29(16)24(30)12-17-11-19-4-2-3-5-20(19)15-26-14-17/h2-5,13,16-18,21,26H,6-12,14-15H2,1H3,(H,27,31)/t16-,17?,21-/m0/s1. The van der Waals surface area contributed by atoms with Crippen LogP contribution in [0.2, 0.25) is 0 Å². The van der Waals surface area contributed by atoms with Gasteiger partial charge in [0.05, 0.1) is 0 Å². The number of amides is 2. The molecular weight excluding hydrogens is 404 g/mol. The van der Waals surface area contributed by atoms with Crippen LogP contribution in [0.15, 0.2) is 34.9 Å². The quantitative estimate of drug-likeness (QED) is 0.752. The second-order valence-electron chi connectivity index (χ2n) is 9.69. The van der Waals surface area contributed by atoms with Crippen LogP contribution in [0, 0.1) is 5.92 Å². The largest absolute Gasteiger partial charge is 0.360 e. The maximum Gasteiger partial charge on any atom is 0.273 e. The Balaban J connectivity index is 1.13. The van der Waals surface area contributed by atoms with Gasteiger partial charge in [-0.3, -0.25) is 9.59 Å². The molecule has 170 valence electrons. The van der Waals surface area contributed by atoms with E-state index in [1.54, 1.807) is 6.07 Å². The van der Waals surface area contributed by atoms with Gasteiger partial charge in [0, 0.05) is 43.6 Å². The second-order valence-corrected chi connectivity index (χ2v) is 9.69. The third-order valence-corrected chi connectivity index (χ3v) is 7.11. The summed E-state index contributed by atoms with van der Waals surface area (Å²) in [4.78, 5) is 27.7. The Morgan fingerprint density at radius 1 is 1.22 bits per heavy atom. The minimum absolute atomic E-state index is 0.0500. The molecule has 7 nitrogen and oxygen atoms in total. The van der Waals surface area contributed by atoms with Crippen molar-refractivity contribution in [2.45, 2.75) is 70.0 Å². The Morgan fingerprint density at radius 3 is 2.81 bits per heavy atom. The number of nitrogens with zero attached hydrogens (tertiary/aromatic N) is 2. The lowest BCUT2D eigenvalue weighted by atomic mass is 9.92. The lowest BCUT2D eigenvalue weighted by molar-refractivity contribution is -0.135. The fourth-order valence-electron chi connectivity index (χ4n) is 5.12. The highest BCUT2D eigenvalue weighted by atomic mass is 16.5. The molecular formula is C25H32N4O3. The Labute approximate surface area is 188 Å². The van der Waals surface area contributed by atoms with Crippen molar-refractivity contribution in [1.29, 1.82) is 0 Å². The normalized spacial score (nSPS) is 25.7. The fraction of sp³-hybridized carbons (Fsp3) is 0.560. The number of carbonyl (C=O) groups is 2. The molecule has 3 heterocycles. The first kappa shape index (κ1) is 21.2. The zero-order valence-electron chi connectivity index (χ0n) is 18.7. The summed E-state index contributed by atoms with van der Waals surface area (Å²) in [7, 11) is 0. The smallest absolute Gasteiger partial charge is 0.273 e. The number of hydrogen-bond donors (Lipinski definition) is 2. The predicted molar refractivity (Wildman–Crippen MR) is 120 cm³/mol. The first-order valence-electron chi connectivity index (χ1n) is 11.9. The van der Waals surface area contributed by atoms with Crippen LogP contribution in [-0.4, -0.2) is 47.0 Å². The molecule has 2 fully saturated rings. The topological polar surface area (TPSA) is 87.5 Å². The van der Waals surface area contributed by atoms with E-state index < -0.39 is 0 Å². The maximum atomic E-state index is 13.1. The highest BCUT2D eigenvalue weighted by molar-refractivity contribution is 5.92. The van der Waals surface area contributed by atoms with E-state index in [4.69, 9.17) is 4.52 Å². The van der Waals surface area contributed by atoms with E-state index in [0.29, 0.717) is 30.5 Å². The zero-order valence-corrected chi connectivity index (χ0v) is 18.7. The summed E-state index contributed by atoms with van der Waals surface area (Å²) in [6.07, 6.45) is 5.26. The first-order chi connectivity index (χ1) is 15.6. The van der Waals surface area contributed by atoms with Crippen LogP contribution in [0.25, 0.3) is 0 Å². The molecule has 5 rings (SSSR count). The number of rotatable bonds is 5. The van der Waals surface area contributed by atoms with Gasteiger partial charge in [-0.2, -0.15) is 0 Å². The number of aromatic nitrogens is 1. The van der Waals surface area contributed by atoms with Crippen LogP contribution in [0.1, 0.15) is 72.3 Å². The molecule has 1 unspecified atom stereocenters. The number of nitrogens with one attached hydrogen (secondary N) is 2. The highest BCUT2D eigenvalue weighted by Crippen LogP contribution is 2.40. The Kier molecular flexibility index (Phi) is 6.00. The Hall–Kier alpha value is -2.67. The summed E-state index contributed by atoms with van der Waals surface area (Å²) < 4.78 is 5.30. The van der Waals surface area contributed by atoms with E-state index in [1.807, 2.05) is 4.90 Å². The third kappa shape index (κ3) is 4.72. The second kappa shape index (κ2) is 9.06. The van der Waals surface area contributed by atoms with Crippen molar-refractivity contribution in [2.75, 3.05) is 13.1 Å². The monoisotopic (exact) mass is 436 g/mol. The molecule has 0 radical (unpaired) electrons. The zero-order chi connectivity index (χ0) is 22.1. The van der Waals surface area contributed by atoms with Crippen molar-refractivity contribution in [2.24, 2.45) is 5.92 Å². The SMILES string of the molecule is C[C@H]1C[C@@H](NC(=O)c2cc(C3CC3)on2)CCN1C(=O)CC1CNCc2ccccc2C1. The van der Waals surface area contributed by atoms with E-state index >= 15 is 0 Å². The number of carbonyl (C=O) groups excluding carboxylic acids is 2. The first-order valence-corrected chi connectivity index (χ1v) is 11.9. The van der Waals surface area contributed by atoms with Crippen molar-refractivity contribution in [3.63, 3.8) is 0 Å². The van der Waals surface area contributed by atoms with E-state index in [0.717, 1.165) is 51.0 Å². The molecule has 2 aliphatic heterocycles. The molecule has 1 aromatic heterocycles. The van der Waals surface area contributed by atoms with Gasteiger partial charge in [-0.25, -0.2) is 0 Å². The van der Waals surface area contributed by atoms with E-state index in [1.165, 1.54) is 11.1 Å². The molecule has 2 amide bonds. The molecule has 0 spiro atoms. The number of likely N-dealkylation sites (tertiary alicyclic amines) is 1. The van der Waals surface area contributed by atoms with Crippen molar-refractivity contribution in [3.05, 3.63) is 52.9 Å². The summed E-state index contributed by atoms with van der Waals surface area (Å²) in [6.45, 7) is 4.49. The van der Waals surface area contributed by atoms with Crippen molar-refractivity contribution < 1.29 is 14.1 Å². The molecule has 1 aliphatic carbocycles. The average Bonchev–Trinajstić information content (AvgIpc) is 3.54. The van der Waals surface area contributed by atoms with Crippen LogP contribution < -0.4 is 10.6 Å². The third-order valence-electron chi connectivity index (χ3n) is 7.11. The van der Waals surface area contributed by atoms with Crippen LogP contribution in [0.5, 0.6) is 0 Å². The molecule has 1 saturated heterocycles. The fourth-order valence-corrected chi connectivity index (χ4v) is 5.12. The van der Waals surface area contributed by atoms with Gasteiger partial charge < -0.3 is 20.1 Å². The number of fused-ring (bicyclic) bond motifs is 1. The molecule has 7 heteroatoms. The predicted octanol–water partition coefficient (Wildman–Crippen LogP) is 3.01. The average molecular weight is 437 g/mol. The summed E-state index contributed by atoms with van der Waals surface area (Å²) in [5, 5.41) is 10.5. The lowest BCUT2D eigenvalue weighted by Gasteiger charge is -2.38. The van der Waals surface area contributed by atoms with Gasteiger partial charge in [-0.15, -0.1) is 0 Å².